The lowest BCUT2D eigenvalue weighted by atomic mass is 10.1. The molecule has 1 fully saturated rings. The topological polar surface area (TPSA) is 50.3 Å². The van der Waals surface area contributed by atoms with Crippen molar-refractivity contribution in [3.05, 3.63) is 24.2 Å². The molecule has 0 N–H and O–H groups in total. The lowest BCUT2D eigenvalue weighted by molar-refractivity contribution is -0.293. The number of piperidine rings is 1. The number of amidine groups is 1. The lowest BCUT2D eigenvalue weighted by Gasteiger charge is -2.37. The highest BCUT2D eigenvalue weighted by atomic mass is 19.4. The van der Waals surface area contributed by atoms with Crippen LogP contribution in [0.5, 0.6) is 0 Å². The van der Waals surface area contributed by atoms with E-state index in [9.17, 15) is 26.3 Å². The fourth-order valence-electron chi connectivity index (χ4n) is 2.58. The molecule has 25 heavy (non-hydrogen) atoms. The molecule has 5 nitrogen and oxygen atoms in total. The molecule has 0 amide bonds. The van der Waals surface area contributed by atoms with Gasteiger partial charge in [-0.1, -0.05) is 0 Å². The van der Waals surface area contributed by atoms with Gasteiger partial charge in [0.25, 0.3) is 11.9 Å². The first-order valence-electron chi connectivity index (χ1n) is 7.44. The van der Waals surface area contributed by atoms with Gasteiger partial charge in [-0.2, -0.15) is 36.3 Å². The summed E-state index contributed by atoms with van der Waals surface area (Å²) in [6.45, 7) is 0.492. The minimum atomic E-state index is -5.80. The van der Waals surface area contributed by atoms with E-state index in [2.05, 4.69) is 9.98 Å². The van der Waals surface area contributed by atoms with Crippen LogP contribution in [0.4, 0.5) is 26.3 Å². The van der Waals surface area contributed by atoms with Gasteiger partial charge in [-0.3, -0.25) is 0 Å². The van der Waals surface area contributed by atoms with E-state index in [1.807, 2.05) is 0 Å². The minimum absolute atomic E-state index is 0.246. The van der Waals surface area contributed by atoms with Gasteiger partial charge in [0.15, 0.2) is 5.76 Å². The molecule has 0 aromatic carbocycles. The van der Waals surface area contributed by atoms with E-state index < -0.39 is 29.9 Å². The number of halogens is 6. The largest absolute Gasteiger partial charge is 0.459 e. The lowest BCUT2D eigenvalue weighted by Crippen LogP contribution is -2.58. The summed E-state index contributed by atoms with van der Waals surface area (Å²) in [5, 5.41) is 0. The Morgan fingerprint density at radius 3 is 2.12 bits per heavy atom. The molecule has 1 aromatic heterocycles. The van der Waals surface area contributed by atoms with Gasteiger partial charge in [0.1, 0.15) is 0 Å². The number of nitrogens with zero attached hydrogens (tertiary/aromatic N) is 3. The van der Waals surface area contributed by atoms with Gasteiger partial charge < -0.3 is 14.1 Å². The maximum atomic E-state index is 13.4. The predicted molar refractivity (Wildman–Crippen MR) is 74.0 cm³/mol. The summed E-state index contributed by atoms with van der Waals surface area (Å²) in [7, 11) is 0. The van der Waals surface area contributed by atoms with Crippen LogP contribution < -0.4 is 0 Å². The second kappa shape index (κ2) is 5.95. The average Bonchev–Trinajstić information content (AvgIpc) is 3.07. The minimum Gasteiger partial charge on any atom is -0.459 e. The summed E-state index contributed by atoms with van der Waals surface area (Å²) >= 11 is 0. The Labute approximate surface area is 138 Å². The van der Waals surface area contributed by atoms with E-state index in [1.54, 1.807) is 0 Å². The fraction of sp³-hybridized carbons (Fsp3) is 0.571. The second-order valence-electron chi connectivity index (χ2n) is 5.61. The maximum absolute atomic E-state index is 13.4. The molecule has 138 valence electrons. The molecule has 0 aliphatic carbocycles. The van der Waals surface area contributed by atoms with Crippen molar-refractivity contribution >= 4 is 11.9 Å². The van der Waals surface area contributed by atoms with E-state index >= 15 is 0 Å². The Morgan fingerprint density at radius 1 is 0.960 bits per heavy atom. The van der Waals surface area contributed by atoms with E-state index in [1.165, 1.54) is 11.0 Å². The van der Waals surface area contributed by atoms with Crippen LogP contribution in [0, 0.1) is 0 Å². The standard InChI is InChI=1S/C14H13F6N3O2/c15-13(16,17)12(14(18,19)20)21-10(9-5-4-8-24-9)25-11(22-12)23-6-2-1-3-7-23/h4-5,8H,1-3,6-7H2. The average molecular weight is 369 g/mol. The van der Waals surface area contributed by atoms with Gasteiger partial charge in [-0.05, 0) is 31.4 Å². The summed E-state index contributed by atoms with van der Waals surface area (Å²) in [6.07, 6.45) is -8.45. The number of alkyl halides is 6. The molecular weight excluding hydrogens is 356 g/mol. The Kier molecular flexibility index (Phi) is 4.20. The first-order chi connectivity index (χ1) is 11.6. The Balaban J connectivity index is 2.13. The third kappa shape index (κ3) is 3.07. The van der Waals surface area contributed by atoms with Gasteiger partial charge in [0, 0.05) is 13.1 Å². The van der Waals surface area contributed by atoms with Crippen molar-refractivity contribution < 1.29 is 35.5 Å². The van der Waals surface area contributed by atoms with Crippen LogP contribution in [0.2, 0.25) is 0 Å². The summed E-state index contributed by atoms with van der Waals surface area (Å²) < 4.78 is 90.5. The highest BCUT2D eigenvalue weighted by Gasteiger charge is 2.74. The second-order valence-corrected chi connectivity index (χ2v) is 5.61. The maximum Gasteiger partial charge on any atom is 0.443 e. The molecule has 0 bridgehead atoms. The Hall–Kier alpha value is -2.20. The number of furan rings is 1. The molecule has 1 saturated heterocycles. The molecule has 2 aliphatic rings. The molecule has 11 heteroatoms. The first kappa shape index (κ1) is 17.6. The summed E-state index contributed by atoms with van der Waals surface area (Å²) in [4.78, 5) is 6.92. The van der Waals surface area contributed by atoms with E-state index in [-0.39, 0.29) is 18.8 Å². The van der Waals surface area contributed by atoms with Crippen LogP contribution >= 0.6 is 0 Å². The van der Waals surface area contributed by atoms with Gasteiger partial charge in [0.2, 0.25) is 0 Å². The van der Waals surface area contributed by atoms with E-state index in [0.717, 1.165) is 18.8 Å². The molecule has 0 radical (unpaired) electrons. The number of ether oxygens (including phenoxy) is 1. The van der Waals surface area contributed by atoms with Gasteiger partial charge >= 0.3 is 18.0 Å². The third-order valence-electron chi connectivity index (χ3n) is 3.86. The molecule has 0 atom stereocenters. The van der Waals surface area contributed by atoms with E-state index in [4.69, 9.17) is 9.15 Å². The van der Waals surface area contributed by atoms with Crippen LogP contribution in [0.15, 0.2) is 32.8 Å². The SMILES string of the molecule is FC(F)(F)C1(C(F)(F)F)N=C(c2ccco2)OC(N2CCCCC2)=N1. The molecule has 0 unspecified atom stereocenters. The smallest absolute Gasteiger partial charge is 0.443 e. The Bertz CT molecular complexity index is 658. The number of rotatable bonds is 1. The van der Waals surface area contributed by atoms with Crippen molar-refractivity contribution in [2.75, 3.05) is 13.1 Å². The van der Waals surface area contributed by atoms with Crippen molar-refractivity contribution in [3.8, 4) is 0 Å². The summed E-state index contributed by atoms with van der Waals surface area (Å²) in [5.74, 6) is -1.25. The van der Waals surface area contributed by atoms with Gasteiger partial charge in [-0.25, -0.2) is 0 Å². The van der Waals surface area contributed by atoms with E-state index in [0.29, 0.717) is 12.8 Å². The normalized spacial score (nSPS) is 21.4. The monoisotopic (exact) mass is 369 g/mol. The van der Waals surface area contributed by atoms with Crippen LogP contribution in [0.25, 0.3) is 0 Å². The fourth-order valence-corrected chi connectivity index (χ4v) is 2.58. The number of aliphatic imine (C=N–C) groups is 2. The molecule has 3 rings (SSSR count). The Morgan fingerprint density at radius 2 is 1.60 bits per heavy atom. The van der Waals surface area contributed by atoms with Crippen molar-refractivity contribution in [2.45, 2.75) is 37.3 Å². The molecule has 3 heterocycles. The van der Waals surface area contributed by atoms with Gasteiger partial charge in [-0.15, -0.1) is 0 Å². The van der Waals surface area contributed by atoms with Crippen LogP contribution in [0.1, 0.15) is 25.0 Å². The van der Waals surface area contributed by atoms with Gasteiger partial charge in [0.05, 0.1) is 6.26 Å². The quantitative estimate of drug-likeness (QED) is 0.709. The molecule has 2 aliphatic heterocycles. The molecule has 0 saturated carbocycles. The zero-order chi connectivity index (χ0) is 18.3. The molecule has 1 aromatic rings. The zero-order valence-electron chi connectivity index (χ0n) is 12.7. The highest BCUT2D eigenvalue weighted by Crippen LogP contribution is 2.48. The number of hydrogen-bond donors (Lipinski definition) is 0. The number of hydrogen-bond acceptors (Lipinski definition) is 5. The molecular formula is C14H13F6N3O2. The zero-order valence-corrected chi connectivity index (χ0v) is 12.7. The molecule has 0 spiro atoms. The predicted octanol–water partition coefficient (Wildman–Crippen LogP) is 3.72. The summed E-state index contributed by atoms with van der Waals surface area (Å²) in [6, 6.07) is 1.71. The third-order valence-corrected chi connectivity index (χ3v) is 3.86. The first-order valence-corrected chi connectivity index (χ1v) is 7.44. The number of likely N-dealkylation sites (tertiary alicyclic amines) is 1. The highest BCUT2D eigenvalue weighted by molar-refractivity contribution is 6.01. The van der Waals surface area contributed by atoms with Crippen LogP contribution in [0.3, 0.4) is 0 Å². The van der Waals surface area contributed by atoms with Crippen LogP contribution in [-0.2, 0) is 4.74 Å². The summed E-state index contributed by atoms with van der Waals surface area (Å²) in [5.41, 5.74) is -4.63. The van der Waals surface area contributed by atoms with Crippen molar-refractivity contribution in [3.63, 3.8) is 0 Å². The van der Waals surface area contributed by atoms with Crippen molar-refractivity contribution in [1.29, 1.82) is 0 Å². The van der Waals surface area contributed by atoms with Crippen molar-refractivity contribution in [2.24, 2.45) is 9.98 Å². The van der Waals surface area contributed by atoms with Crippen LogP contribution in [-0.4, -0.2) is 47.9 Å². The van der Waals surface area contributed by atoms with Crippen molar-refractivity contribution in [1.82, 2.24) is 4.90 Å².